The van der Waals surface area contributed by atoms with Crippen molar-refractivity contribution in [1.82, 2.24) is 14.8 Å². The van der Waals surface area contributed by atoms with Crippen molar-refractivity contribution in [3.63, 3.8) is 0 Å². The van der Waals surface area contributed by atoms with E-state index in [1.54, 1.807) is 48.1 Å². The van der Waals surface area contributed by atoms with Crippen LogP contribution in [-0.4, -0.2) is 41.5 Å². The third kappa shape index (κ3) is 4.48. The summed E-state index contributed by atoms with van der Waals surface area (Å²) in [6.07, 6.45) is 3.03. The van der Waals surface area contributed by atoms with Crippen molar-refractivity contribution >= 4 is 23.2 Å². The second kappa shape index (κ2) is 8.41. The zero-order chi connectivity index (χ0) is 19.2. The van der Waals surface area contributed by atoms with E-state index >= 15 is 0 Å². The summed E-state index contributed by atoms with van der Waals surface area (Å²) in [5, 5.41) is 10.8. The lowest BCUT2D eigenvalue weighted by Crippen LogP contribution is -2.21. The molecule has 1 heterocycles. The topological polar surface area (TPSA) is 87.5 Å². The van der Waals surface area contributed by atoms with Crippen LogP contribution in [0.1, 0.15) is 0 Å². The Bertz CT molecular complexity index is 931. The zero-order valence-corrected chi connectivity index (χ0v) is 15.4. The van der Waals surface area contributed by atoms with E-state index in [2.05, 4.69) is 15.5 Å². The summed E-state index contributed by atoms with van der Waals surface area (Å²) in [5.41, 5.74) is 1.11. The SMILES string of the molecule is COc1ccc(OC)c(NC(=O)COc2ccc(Cl)cc2-n2cnnc2)c1. The van der Waals surface area contributed by atoms with Gasteiger partial charge in [0, 0.05) is 11.1 Å². The number of halogens is 1. The average molecular weight is 389 g/mol. The number of carbonyl (C=O) groups excluding carboxylic acids is 1. The van der Waals surface area contributed by atoms with Gasteiger partial charge in [0.25, 0.3) is 5.91 Å². The van der Waals surface area contributed by atoms with E-state index in [0.717, 1.165) is 0 Å². The van der Waals surface area contributed by atoms with Crippen LogP contribution < -0.4 is 19.5 Å². The Morgan fingerprint density at radius 2 is 1.81 bits per heavy atom. The lowest BCUT2D eigenvalue weighted by atomic mass is 10.2. The molecule has 0 spiro atoms. The average Bonchev–Trinajstić information content (AvgIpc) is 3.21. The molecule has 0 unspecified atom stereocenters. The Kier molecular flexibility index (Phi) is 5.77. The number of nitrogens with one attached hydrogen (secondary N) is 1. The maximum absolute atomic E-state index is 12.3. The van der Waals surface area contributed by atoms with Gasteiger partial charge in [0.05, 0.1) is 25.6 Å². The molecule has 2 aromatic carbocycles. The van der Waals surface area contributed by atoms with Crippen molar-refractivity contribution in [2.75, 3.05) is 26.1 Å². The molecule has 9 heteroatoms. The Morgan fingerprint density at radius 3 is 2.52 bits per heavy atom. The second-order valence-corrected chi connectivity index (χ2v) is 5.82. The summed E-state index contributed by atoms with van der Waals surface area (Å²) in [5.74, 6) is 1.22. The molecule has 1 aromatic heterocycles. The molecule has 3 rings (SSSR count). The van der Waals surface area contributed by atoms with Crippen molar-refractivity contribution in [2.45, 2.75) is 0 Å². The van der Waals surface area contributed by atoms with Crippen molar-refractivity contribution in [3.05, 3.63) is 54.1 Å². The first-order valence-corrected chi connectivity index (χ1v) is 8.27. The molecule has 0 radical (unpaired) electrons. The third-order valence-electron chi connectivity index (χ3n) is 3.66. The van der Waals surface area contributed by atoms with Gasteiger partial charge in [-0.2, -0.15) is 0 Å². The first kappa shape index (κ1) is 18.5. The summed E-state index contributed by atoms with van der Waals surface area (Å²) < 4.78 is 17.7. The van der Waals surface area contributed by atoms with Gasteiger partial charge in [0.1, 0.15) is 29.9 Å². The maximum atomic E-state index is 12.3. The number of amides is 1. The van der Waals surface area contributed by atoms with Crippen LogP contribution in [0.4, 0.5) is 5.69 Å². The summed E-state index contributed by atoms with van der Waals surface area (Å²) in [6, 6.07) is 10.2. The fourth-order valence-corrected chi connectivity index (χ4v) is 2.55. The third-order valence-corrected chi connectivity index (χ3v) is 3.89. The van der Waals surface area contributed by atoms with E-state index in [9.17, 15) is 4.79 Å². The molecule has 3 aromatic rings. The fraction of sp³-hybridized carbons (Fsp3) is 0.167. The lowest BCUT2D eigenvalue weighted by Gasteiger charge is -2.14. The van der Waals surface area contributed by atoms with Crippen molar-refractivity contribution in [1.29, 1.82) is 0 Å². The van der Waals surface area contributed by atoms with E-state index in [1.807, 2.05) is 0 Å². The van der Waals surface area contributed by atoms with Gasteiger partial charge in [0.2, 0.25) is 0 Å². The molecule has 0 bridgehead atoms. The molecule has 27 heavy (non-hydrogen) atoms. The van der Waals surface area contributed by atoms with Crippen LogP contribution in [0.25, 0.3) is 5.69 Å². The Hall–Kier alpha value is -3.26. The highest BCUT2D eigenvalue weighted by atomic mass is 35.5. The molecule has 140 valence electrons. The van der Waals surface area contributed by atoms with Crippen molar-refractivity contribution < 1.29 is 19.0 Å². The normalized spacial score (nSPS) is 10.3. The van der Waals surface area contributed by atoms with Crippen LogP contribution in [0.15, 0.2) is 49.1 Å². The van der Waals surface area contributed by atoms with Gasteiger partial charge < -0.3 is 19.5 Å². The molecule has 0 fully saturated rings. The molecule has 1 N–H and O–H groups in total. The number of nitrogens with zero attached hydrogens (tertiary/aromatic N) is 3. The number of methoxy groups -OCH3 is 2. The minimum atomic E-state index is -0.355. The molecule has 0 aliphatic rings. The van der Waals surface area contributed by atoms with Gasteiger partial charge in [0.15, 0.2) is 6.61 Å². The molecule has 0 aliphatic heterocycles. The van der Waals surface area contributed by atoms with Crippen LogP contribution >= 0.6 is 11.6 Å². The molecule has 0 atom stereocenters. The molecular formula is C18H17ClN4O4. The van der Waals surface area contributed by atoms with Crippen LogP contribution in [0.2, 0.25) is 5.02 Å². The van der Waals surface area contributed by atoms with Gasteiger partial charge in [-0.05, 0) is 30.3 Å². The van der Waals surface area contributed by atoms with E-state index in [4.69, 9.17) is 25.8 Å². The predicted octanol–water partition coefficient (Wildman–Crippen LogP) is 2.96. The fourth-order valence-electron chi connectivity index (χ4n) is 2.38. The molecular weight excluding hydrogens is 372 g/mol. The first-order chi connectivity index (χ1) is 13.1. The number of anilines is 1. The van der Waals surface area contributed by atoms with Crippen LogP contribution in [0.3, 0.4) is 0 Å². The smallest absolute Gasteiger partial charge is 0.262 e. The lowest BCUT2D eigenvalue weighted by molar-refractivity contribution is -0.118. The standard InChI is InChI=1S/C18H17ClN4O4/c1-25-13-4-6-16(26-2)14(8-13)22-18(24)9-27-17-5-3-12(19)7-15(17)23-10-20-21-11-23/h3-8,10-11H,9H2,1-2H3,(H,22,24). The maximum Gasteiger partial charge on any atom is 0.262 e. The van der Waals surface area contributed by atoms with Gasteiger partial charge in [-0.25, -0.2) is 0 Å². The van der Waals surface area contributed by atoms with Gasteiger partial charge >= 0.3 is 0 Å². The van der Waals surface area contributed by atoms with E-state index < -0.39 is 0 Å². The molecule has 0 saturated carbocycles. The molecule has 1 amide bonds. The summed E-state index contributed by atoms with van der Waals surface area (Å²) >= 11 is 6.05. The number of benzene rings is 2. The highest BCUT2D eigenvalue weighted by molar-refractivity contribution is 6.30. The summed E-state index contributed by atoms with van der Waals surface area (Å²) in [4.78, 5) is 12.3. The number of hydrogen-bond donors (Lipinski definition) is 1. The van der Waals surface area contributed by atoms with Gasteiger partial charge in [-0.1, -0.05) is 11.6 Å². The van der Waals surface area contributed by atoms with E-state index in [-0.39, 0.29) is 12.5 Å². The van der Waals surface area contributed by atoms with Crippen molar-refractivity contribution in [3.8, 4) is 22.9 Å². The van der Waals surface area contributed by atoms with Gasteiger partial charge in [-0.15, -0.1) is 10.2 Å². The highest BCUT2D eigenvalue weighted by Gasteiger charge is 2.12. The predicted molar refractivity (Wildman–Crippen MR) is 100 cm³/mol. The van der Waals surface area contributed by atoms with Crippen LogP contribution in [-0.2, 0) is 4.79 Å². The molecule has 0 aliphatic carbocycles. The minimum Gasteiger partial charge on any atom is -0.497 e. The number of hydrogen-bond acceptors (Lipinski definition) is 6. The van der Waals surface area contributed by atoms with E-state index in [0.29, 0.717) is 33.6 Å². The van der Waals surface area contributed by atoms with E-state index in [1.165, 1.54) is 19.8 Å². The first-order valence-electron chi connectivity index (χ1n) is 7.90. The Morgan fingerprint density at radius 1 is 1.07 bits per heavy atom. The highest BCUT2D eigenvalue weighted by Crippen LogP contribution is 2.29. The van der Waals surface area contributed by atoms with Crippen molar-refractivity contribution in [2.24, 2.45) is 0 Å². The number of aromatic nitrogens is 3. The summed E-state index contributed by atoms with van der Waals surface area (Å²) in [7, 11) is 3.07. The zero-order valence-electron chi connectivity index (χ0n) is 14.7. The van der Waals surface area contributed by atoms with Gasteiger partial charge in [-0.3, -0.25) is 9.36 Å². The van der Waals surface area contributed by atoms with Crippen LogP contribution in [0, 0.1) is 0 Å². The largest absolute Gasteiger partial charge is 0.497 e. The monoisotopic (exact) mass is 388 g/mol. The Labute approximate surface area is 160 Å². The van der Waals surface area contributed by atoms with Crippen LogP contribution in [0.5, 0.6) is 17.2 Å². The number of rotatable bonds is 7. The number of ether oxygens (including phenoxy) is 3. The number of carbonyl (C=O) groups is 1. The second-order valence-electron chi connectivity index (χ2n) is 5.38. The molecule has 8 nitrogen and oxygen atoms in total. The summed E-state index contributed by atoms with van der Waals surface area (Å²) in [6.45, 7) is -0.211. The Balaban J connectivity index is 1.72. The molecule has 0 saturated heterocycles. The quantitative estimate of drug-likeness (QED) is 0.669. The minimum absolute atomic E-state index is 0.211.